The molecule has 2 heterocycles. The van der Waals surface area contributed by atoms with E-state index in [1.807, 2.05) is 48.2 Å². The van der Waals surface area contributed by atoms with Crippen molar-refractivity contribution in [1.82, 2.24) is 4.90 Å². The van der Waals surface area contributed by atoms with Crippen LogP contribution in [0.3, 0.4) is 0 Å². The van der Waals surface area contributed by atoms with Crippen LogP contribution in [0.5, 0.6) is 17.2 Å². The quantitative estimate of drug-likeness (QED) is 0.870. The van der Waals surface area contributed by atoms with Gasteiger partial charge in [-0.1, -0.05) is 18.2 Å². The van der Waals surface area contributed by atoms with Gasteiger partial charge in [0.1, 0.15) is 5.75 Å². The third-order valence-electron chi connectivity index (χ3n) is 4.50. The van der Waals surface area contributed by atoms with E-state index in [2.05, 4.69) is 0 Å². The summed E-state index contributed by atoms with van der Waals surface area (Å²) in [6.45, 7) is 3.58. The molecule has 0 aliphatic carbocycles. The van der Waals surface area contributed by atoms with E-state index < -0.39 is 0 Å². The molecule has 0 radical (unpaired) electrons. The van der Waals surface area contributed by atoms with Gasteiger partial charge in [-0.15, -0.1) is 0 Å². The topological polar surface area (TPSA) is 48.0 Å². The lowest BCUT2D eigenvalue weighted by Gasteiger charge is -2.29. The SMILES string of the molecule is Cc1ccccc1OCC(=O)N1CCc2cc3c(cc2C1)OCO3. The Balaban J connectivity index is 1.42. The molecule has 0 N–H and O–H groups in total. The normalized spacial score (nSPS) is 15.1. The van der Waals surface area contributed by atoms with E-state index in [9.17, 15) is 4.79 Å². The molecule has 1 amide bonds. The second kappa shape index (κ2) is 6.07. The lowest BCUT2D eigenvalue weighted by atomic mass is 9.99. The first-order valence-corrected chi connectivity index (χ1v) is 8.08. The molecule has 5 heteroatoms. The van der Waals surface area contributed by atoms with E-state index in [0.717, 1.165) is 34.8 Å². The average molecular weight is 325 g/mol. The Bertz CT molecular complexity index is 787. The van der Waals surface area contributed by atoms with Gasteiger partial charge in [0, 0.05) is 13.1 Å². The second-order valence-electron chi connectivity index (χ2n) is 6.09. The molecular formula is C19H19NO4. The highest BCUT2D eigenvalue weighted by Crippen LogP contribution is 2.36. The number of aryl methyl sites for hydroxylation is 1. The Hall–Kier alpha value is -2.69. The maximum Gasteiger partial charge on any atom is 0.260 e. The largest absolute Gasteiger partial charge is 0.484 e. The van der Waals surface area contributed by atoms with Crippen molar-refractivity contribution in [2.75, 3.05) is 19.9 Å². The molecule has 2 aliphatic rings. The summed E-state index contributed by atoms with van der Waals surface area (Å²) in [6.07, 6.45) is 0.822. The predicted molar refractivity (Wildman–Crippen MR) is 88.4 cm³/mol. The van der Waals surface area contributed by atoms with Gasteiger partial charge in [-0.3, -0.25) is 4.79 Å². The number of hydrogen-bond acceptors (Lipinski definition) is 4. The molecule has 0 saturated heterocycles. The number of carbonyl (C=O) groups excluding carboxylic acids is 1. The molecule has 0 aromatic heterocycles. The van der Waals surface area contributed by atoms with Gasteiger partial charge in [0.25, 0.3) is 5.91 Å². The number of hydrogen-bond donors (Lipinski definition) is 0. The maximum absolute atomic E-state index is 12.5. The van der Waals surface area contributed by atoms with Crippen molar-refractivity contribution in [3.05, 3.63) is 53.1 Å². The molecule has 2 aromatic carbocycles. The first-order valence-electron chi connectivity index (χ1n) is 8.08. The van der Waals surface area contributed by atoms with Gasteiger partial charge in [0.2, 0.25) is 6.79 Å². The monoisotopic (exact) mass is 325 g/mol. The summed E-state index contributed by atoms with van der Waals surface area (Å²) in [5, 5.41) is 0. The fourth-order valence-corrected chi connectivity index (χ4v) is 3.11. The molecule has 0 bridgehead atoms. The molecule has 2 aliphatic heterocycles. The fourth-order valence-electron chi connectivity index (χ4n) is 3.11. The zero-order valence-corrected chi connectivity index (χ0v) is 13.6. The molecule has 0 spiro atoms. The number of para-hydroxylation sites is 1. The van der Waals surface area contributed by atoms with Crippen LogP contribution < -0.4 is 14.2 Å². The van der Waals surface area contributed by atoms with Gasteiger partial charge >= 0.3 is 0 Å². The van der Waals surface area contributed by atoms with Crippen molar-refractivity contribution in [3.63, 3.8) is 0 Å². The van der Waals surface area contributed by atoms with Gasteiger partial charge in [0.15, 0.2) is 18.1 Å². The van der Waals surface area contributed by atoms with Crippen LogP contribution in [0.25, 0.3) is 0 Å². The Morgan fingerprint density at radius 1 is 1.17 bits per heavy atom. The number of ether oxygens (including phenoxy) is 3. The van der Waals surface area contributed by atoms with Crippen LogP contribution in [-0.4, -0.2) is 30.8 Å². The highest BCUT2D eigenvalue weighted by atomic mass is 16.7. The Morgan fingerprint density at radius 2 is 1.92 bits per heavy atom. The molecule has 0 atom stereocenters. The molecule has 124 valence electrons. The van der Waals surface area contributed by atoms with E-state index in [0.29, 0.717) is 13.1 Å². The third kappa shape index (κ3) is 2.77. The summed E-state index contributed by atoms with van der Waals surface area (Å²) in [5.41, 5.74) is 3.37. The van der Waals surface area contributed by atoms with Gasteiger partial charge < -0.3 is 19.1 Å². The Kier molecular flexibility index (Phi) is 3.76. The average Bonchev–Trinajstić information content (AvgIpc) is 3.05. The van der Waals surface area contributed by atoms with Gasteiger partial charge in [-0.25, -0.2) is 0 Å². The summed E-state index contributed by atoms with van der Waals surface area (Å²) in [7, 11) is 0. The third-order valence-corrected chi connectivity index (χ3v) is 4.50. The number of nitrogens with zero attached hydrogens (tertiary/aromatic N) is 1. The first-order chi connectivity index (χ1) is 11.7. The summed E-state index contributed by atoms with van der Waals surface area (Å²) in [4.78, 5) is 14.3. The van der Waals surface area contributed by atoms with E-state index in [1.54, 1.807) is 0 Å². The Morgan fingerprint density at radius 3 is 2.71 bits per heavy atom. The van der Waals surface area contributed by atoms with E-state index in [4.69, 9.17) is 14.2 Å². The van der Waals surface area contributed by atoms with Gasteiger partial charge in [0.05, 0.1) is 0 Å². The van der Waals surface area contributed by atoms with Crippen LogP contribution in [-0.2, 0) is 17.8 Å². The second-order valence-corrected chi connectivity index (χ2v) is 6.09. The number of benzene rings is 2. The fraction of sp³-hybridized carbons (Fsp3) is 0.316. The van der Waals surface area contributed by atoms with Gasteiger partial charge in [-0.2, -0.15) is 0 Å². The number of rotatable bonds is 3. The molecule has 0 fully saturated rings. The van der Waals surface area contributed by atoms with E-state index in [-0.39, 0.29) is 19.3 Å². The molecule has 2 aromatic rings. The van der Waals surface area contributed by atoms with Crippen molar-refractivity contribution in [1.29, 1.82) is 0 Å². The van der Waals surface area contributed by atoms with Crippen molar-refractivity contribution in [2.45, 2.75) is 19.9 Å². The minimum atomic E-state index is 0.00145. The number of amides is 1. The van der Waals surface area contributed by atoms with Crippen LogP contribution in [0.2, 0.25) is 0 Å². The van der Waals surface area contributed by atoms with E-state index >= 15 is 0 Å². The van der Waals surface area contributed by atoms with Crippen LogP contribution in [0.1, 0.15) is 16.7 Å². The summed E-state index contributed by atoms with van der Waals surface area (Å²) < 4.78 is 16.5. The zero-order valence-electron chi connectivity index (χ0n) is 13.6. The molecular weight excluding hydrogens is 306 g/mol. The highest BCUT2D eigenvalue weighted by Gasteiger charge is 2.24. The number of fused-ring (bicyclic) bond motifs is 2. The molecule has 4 rings (SSSR count). The minimum Gasteiger partial charge on any atom is -0.484 e. The summed E-state index contributed by atoms with van der Waals surface area (Å²) in [5.74, 6) is 2.32. The van der Waals surface area contributed by atoms with Crippen LogP contribution >= 0.6 is 0 Å². The zero-order chi connectivity index (χ0) is 16.5. The van der Waals surface area contributed by atoms with Crippen molar-refractivity contribution in [3.8, 4) is 17.2 Å². The highest BCUT2D eigenvalue weighted by molar-refractivity contribution is 5.78. The summed E-state index contributed by atoms with van der Waals surface area (Å²) in [6, 6.07) is 11.7. The standard InChI is InChI=1S/C19H19NO4/c1-13-4-2-3-5-16(13)22-11-19(21)20-7-6-14-8-17-18(24-12-23-17)9-15(14)10-20/h2-5,8-9H,6-7,10-12H2,1H3. The lowest BCUT2D eigenvalue weighted by molar-refractivity contribution is -0.134. The Labute approximate surface area is 140 Å². The van der Waals surface area contributed by atoms with Crippen molar-refractivity contribution < 1.29 is 19.0 Å². The lowest BCUT2D eigenvalue weighted by Crippen LogP contribution is -2.38. The van der Waals surface area contributed by atoms with Crippen LogP contribution in [0, 0.1) is 6.92 Å². The summed E-state index contributed by atoms with van der Waals surface area (Å²) >= 11 is 0. The maximum atomic E-state index is 12.5. The minimum absolute atomic E-state index is 0.00145. The first kappa shape index (κ1) is 14.9. The van der Waals surface area contributed by atoms with Crippen molar-refractivity contribution in [2.24, 2.45) is 0 Å². The van der Waals surface area contributed by atoms with Crippen LogP contribution in [0.15, 0.2) is 36.4 Å². The molecule has 24 heavy (non-hydrogen) atoms. The number of carbonyl (C=O) groups is 1. The smallest absolute Gasteiger partial charge is 0.260 e. The van der Waals surface area contributed by atoms with E-state index in [1.165, 1.54) is 5.56 Å². The van der Waals surface area contributed by atoms with Gasteiger partial charge in [-0.05, 0) is 48.2 Å². The molecule has 0 unspecified atom stereocenters. The predicted octanol–water partition coefficient (Wildman–Crippen LogP) is 2.69. The van der Waals surface area contributed by atoms with Crippen molar-refractivity contribution >= 4 is 5.91 Å². The van der Waals surface area contributed by atoms with Crippen LogP contribution in [0.4, 0.5) is 0 Å². The molecule has 0 saturated carbocycles. The molecule has 5 nitrogen and oxygen atoms in total.